The average molecular weight is 326 g/mol. The molecule has 0 spiro atoms. The van der Waals surface area contributed by atoms with Gasteiger partial charge < -0.3 is 11.1 Å². The fourth-order valence-electron chi connectivity index (χ4n) is 2.68. The van der Waals surface area contributed by atoms with Crippen molar-refractivity contribution in [1.29, 1.82) is 0 Å². The molecule has 1 aliphatic rings. The van der Waals surface area contributed by atoms with Crippen LogP contribution in [0.1, 0.15) is 32.3 Å². The summed E-state index contributed by atoms with van der Waals surface area (Å²) in [5.74, 6) is 0.176. The molecule has 1 amide bonds. The van der Waals surface area contributed by atoms with Crippen LogP contribution in [0.4, 0.5) is 0 Å². The van der Waals surface area contributed by atoms with Crippen molar-refractivity contribution in [3.8, 4) is 0 Å². The van der Waals surface area contributed by atoms with Crippen LogP contribution in [0.25, 0.3) is 0 Å². The summed E-state index contributed by atoms with van der Waals surface area (Å²) in [6, 6.07) is 10.4. The molecule has 0 unspecified atom stereocenters. The Morgan fingerprint density at radius 1 is 1.27 bits per heavy atom. The molecule has 0 bridgehead atoms. The second kappa shape index (κ2) is 9.13. The molecule has 0 aromatic heterocycles. The van der Waals surface area contributed by atoms with Crippen LogP contribution in [0, 0.1) is 5.92 Å². The highest BCUT2D eigenvalue weighted by Gasteiger charge is 2.24. The maximum absolute atomic E-state index is 12.0. The number of benzene rings is 1. The fraction of sp³-hybridized carbons (Fsp3) is 0.588. The fourth-order valence-corrected chi connectivity index (χ4v) is 2.68. The van der Waals surface area contributed by atoms with E-state index < -0.39 is 6.04 Å². The Hall–Kier alpha value is -1.10. The number of nitrogens with one attached hydrogen (secondary N) is 1. The second-order valence-electron chi connectivity index (χ2n) is 6.31. The van der Waals surface area contributed by atoms with E-state index in [-0.39, 0.29) is 30.3 Å². The first-order valence-electron chi connectivity index (χ1n) is 7.88. The summed E-state index contributed by atoms with van der Waals surface area (Å²) in [6.45, 7) is 7.00. The second-order valence-corrected chi connectivity index (χ2v) is 6.31. The van der Waals surface area contributed by atoms with Gasteiger partial charge >= 0.3 is 0 Å². The normalized spacial score (nSPS) is 17.8. The number of piperidine rings is 1. The maximum Gasteiger partial charge on any atom is 0.237 e. The van der Waals surface area contributed by atoms with Crippen molar-refractivity contribution in [2.45, 2.75) is 45.3 Å². The molecule has 1 aliphatic heterocycles. The number of nitrogens with two attached hydrogens (primary N) is 1. The third-order valence-corrected chi connectivity index (χ3v) is 4.20. The zero-order valence-corrected chi connectivity index (χ0v) is 14.3. The molecule has 22 heavy (non-hydrogen) atoms. The minimum atomic E-state index is -0.396. The number of rotatable bonds is 5. The molecule has 0 saturated carbocycles. The smallest absolute Gasteiger partial charge is 0.237 e. The van der Waals surface area contributed by atoms with Crippen molar-refractivity contribution in [3.05, 3.63) is 35.9 Å². The Morgan fingerprint density at radius 3 is 2.41 bits per heavy atom. The Bertz CT molecular complexity index is 444. The van der Waals surface area contributed by atoms with Gasteiger partial charge in [-0.25, -0.2) is 0 Å². The van der Waals surface area contributed by atoms with Crippen LogP contribution in [0.2, 0.25) is 0 Å². The first-order chi connectivity index (χ1) is 10.1. The number of amides is 1. The van der Waals surface area contributed by atoms with Crippen LogP contribution in [-0.4, -0.2) is 36.0 Å². The van der Waals surface area contributed by atoms with Gasteiger partial charge in [0.1, 0.15) is 0 Å². The predicted octanol–water partition coefficient (Wildman–Crippen LogP) is 2.17. The van der Waals surface area contributed by atoms with E-state index >= 15 is 0 Å². The third kappa shape index (κ3) is 5.59. The molecule has 124 valence electrons. The quantitative estimate of drug-likeness (QED) is 0.872. The van der Waals surface area contributed by atoms with Crippen molar-refractivity contribution in [1.82, 2.24) is 10.2 Å². The summed E-state index contributed by atoms with van der Waals surface area (Å²) in [4.78, 5) is 14.4. The van der Waals surface area contributed by atoms with E-state index in [0.29, 0.717) is 0 Å². The van der Waals surface area contributed by atoms with E-state index in [0.717, 1.165) is 32.5 Å². The molecule has 5 heteroatoms. The van der Waals surface area contributed by atoms with Gasteiger partial charge in [-0.05, 0) is 24.3 Å². The lowest BCUT2D eigenvalue weighted by molar-refractivity contribution is -0.124. The molecular weight excluding hydrogens is 298 g/mol. The van der Waals surface area contributed by atoms with E-state index in [2.05, 4.69) is 34.5 Å². The Labute approximate surface area is 139 Å². The zero-order valence-electron chi connectivity index (χ0n) is 13.5. The molecule has 0 aliphatic carbocycles. The maximum atomic E-state index is 12.0. The molecule has 1 heterocycles. The largest absolute Gasteiger partial charge is 0.352 e. The standard InChI is InChI=1S/C17H27N3O.ClH/c1-13(2)16(18)17(21)19-15-8-10-20(11-9-15)12-14-6-4-3-5-7-14;/h3-7,13,15-16H,8-12,18H2,1-2H3,(H,19,21);1H/t16-;/m0./s1. The number of hydrogen-bond donors (Lipinski definition) is 2. The summed E-state index contributed by atoms with van der Waals surface area (Å²) in [7, 11) is 0. The summed E-state index contributed by atoms with van der Waals surface area (Å²) < 4.78 is 0. The molecule has 1 aromatic carbocycles. The Morgan fingerprint density at radius 2 is 1.86 bits per heavy atom. The molecule has 3 N–H and O–H groups in total. The minimum Gasteiger partial charge on any atom is -0.352 e. The van der Waals surface area contributed by atoms with E-state index in [9.17, 15) is 4.79 Å². The molecule has 1 fully saturated rings. The van der Waals surface area contributed by atoms with Crippen molar-refractivity contribution in [3.63, 3.8) is 0 Å². The first kappa shape index (κ1) is 18.9. The highest BCUT2D eigenvalue weighted by Crippen LogP contribution is 2.14. The van der Waals surface area contributed by atoms with Gasteiger partial charge in [-0.3, -0.25) is 9.69 Å². The van der Waals surface area contributed by atoms with Gasteiger partial charge in [-0.1, -0.05) is 44.2 Å². The molecule has 2 rings (SSSR count). The van der Waals surface area contributed by atoms with Crippen molar-refractivity contribution >= 4 is 18.3 Å². The van der Waals surface area contributed by atoms with Crippen LogP contribution in [0.5, 0.6) is 0 Å². The molecular formula is C17H28ClN3O. The summed E-state index contributed by atoms with van der Waals surface area (Å²) in [6.07, 6.45) is 2.01. The minimum absolute atomic E-state index is 0. The number of carbonyl (C=O) groups is 1. The van der Waals surface area contributed by atoms with Gasteiger partial charge in [0.05, 0.1) is 6.04 Å². The number of carbonyl (C=O) groups excluding carboxylic acids is 1. The van der Waals surface area contributed by atoms with Crippen LogP contribution >= 0.6 is 12.4 Å². The molecule has 1 aromatic rings. The van der Waals surface area contributed by atoms with Crippen LogP contribution < -0.4 is 11.1 Å². The summed E-state index contributed by atoms with van der Waals surface area (Å²) in [5.41, 5.74) is 7.23. The van der Waals surface area contributed by atoms with Crippen LogP contribution in [0.15, 0.2) is 30.3 Å². The van der Waals surface area contributed by atoms with Gasteiger partial charge in [0.2, 0.25) is 5.91 Å². The van der Waals surface area contributed by atoms with Gasteiger partial charge in [-0.15, -0.1) is 12.4 Å². The lowest BCUT2D eigenvalue weighted by Gasteiger charge is -2.33. The monoisotopic (exact) mass is 325 g/mol. The number of hydrogen-bond acceptors (Lipinski definition) is 3. The van der Waals surface area contributed by atoms with E-state index in [1.165, 1.54) is 5.56 Å². The lowest BCUT2D eigenvalue weighted by atomic mass is 10.0. The first-order valence-corrected chi connectivity index (χ1v) is 7.88. The predicted molar refractivity (Wildman–Crippen MR) is 92.9 cm³/mol. The van der Waals surface area contributed by atoms with E-state index in [1.54, 1.807) is 0 Å². The highest BCUT2D eigenvalue weighted by atomic mass is 35.5. The summed E-state index contributed by atoms with van der Waals surface area (Å²) in [5, 5.41) is 3.09. The van der Waals surface area contributed by atoms with Gasteiger partial charge in [0.15, 0.2) is 0 Å². The van der Waals surface area contributed by atoms with Crippen molar-refractivity contribution in [2.24, 2.45) is 11.7 Å². The lowest BCUT2D eigenvalue weighted by Crippen LogP contribution is -2.51. The van der Waals surface area contributed by atoms with E-state index in [4.69, 9.17) is 5.73 Å². The molecule has 1 atom stereocenters. The number of likely N-dealkylation sites (tertiary alicyclic amines) is 1. The number of halogens is 1. The average Bonchev–Trinajstić information content (AvgIpc) is 2.49. The van der Waals surface area contributed by atoms with Crippen molar-refractivity contribution in [2.75, 3.05) is 13.1 Å². The van der Waals surface area contributed by atoms with Gasteiger partial charge in [0.25, 0.3) is 0 Å². The number of nitrogens with zero attached hydrogens (tertiary/aromatic N) is 1. The highest BCUT2D eigenvalue weighted by molar-refractivity contribution is 5.85. The molecule has 1 saturated heterocycles. The molecule has 4 nitrogen and oxygen atoms in total. The summed E-state index contributed by atoms with van der Waals surface area (Å²) >= 11 is 0. The Balaban J connectivity index is 0.00000242. The van der Waals surface area contributed by atoms with E-state index in [1.807, 2.05) is 19.9 Å². The topological polar surface area (TPSA) is 58.4 Å². The van der Waals surface area contributed by atoms with Crippen molar-refractivity contribution < 1.29 is 4.79 Å². The van der Waals surface area contributed by atoms with Crippen LogP contribution in [0.3, 0.4) is 0 Å². The molecule has 0 radical (unpaired) electrons. The van der Waals surface area contributed by atoms with Gasteiger partial charge in [-0.2, -0.15) is 0 Å². The zero-order chi connectivity index (χ0) is 15.2. The third-order valence-electron chi connectivity index (χ3n) is 4.20. The SMILES string of the molecule is CC(C)[C@H](N)C(=O)NC1CCN(Cc2ccccc2)CC1.Cl. The van der Waals surface area contributed by atoms with Crippen LogP contribution in [-0.2, 0) is 11.3 Å². The Kier molecular flexibility index (Phi) is 7.87. The van der Waals surface area contributed by atoms with Gasteiger partial charge in [0, 0.05) is 25.7 Å².